The Labute approximate surface area is 319 Å². The molecule has 5 aromatic rings. The first-order valence-electron chi connectivity index (χ1n) is 21.8. The molecular formula is C48H54O4. The monoisotopic (exact) mass is 700 g/mol. The molecule has 6 rings (SSSR count). The minimum Gasteiger partial charge on any atom is -0.493 e. The largest absolute Gasteiger partial charge is 0.493 e. The molecule has 0 aliphatic heterocycles. The van der Waals surface area contributed by atoms with Gasteiger partial charge in [-0.1, -0.05) is 125 Å². The van der Waals surface area contributed by atoms with Crippen LogP contribution in [0, 0.1) is 0 Å². The van der Waals surface area contributed by atoms with Crippen molar-refractivity contribution in [3.8, 4) is 23.0 Å². The highest BCUT2D eigenvalue weighted by atomic mass is 16.5. The van der Waals surface area contributed by atoms with Crippen molar-refractivity contribution in [3.63, 3.8) is 0 Å². The molecule has 1 aliphatic carbocycles. The van der Waals surface area contributed by atoms with Crippen molar-refractivity contribution in [3.05, 3.63) is 153 Å². The fraction of sp³-hybridized carbons (Fsp3) is 0.333. The number of rotatable bonds is 14. The summed E-state index contributed by atoms with van der Waals surface area (Å²) < 4.78 is 77.3. The molecule has 270 valence electrons. The summed E-state index contributed by atoms with van der Waals surface area (Å²) in [5.41, 5.74) is 8.52. The molecule has 4 heteroatoms. The smallest absolute Gasteiger partial charge is 0.126 e. The van der Waals surface area contributed by atoms with Crippen LogP contribution in [-0.2, 0) is 25.7 Å². The predicted octanol–water partition coefficient (Wildman–Crippen LogP) is 11.7. The van der Waals surface area contributed by atoms with Gasteiger partial charge in [-0.15, -0.1) is 0 Å². The summed E-state index contributed by atoms with van der Waals surface area (Å²) in [5.74, 6) is 3.30. The number of hydrogen-bond donors (Lipinski definition) is 0. The predicted molar refractivity (Wildman–Crippen MR) is 216 cm³/mol. The first-order valence-corrected chi connectivity index (χ1v) is 18.8. The van der Waals surface area contributed by atoms with Gasteiger partial charge in [0.05, 0.1) is 34.7 Å². The van der Waals surface area contributed by atoms with Crippen molar-refractivity contribution >= 4 is 12.1 Å². The van der Waals surface area contributed by atoms with Gasteiger partial charge in [0, 0.05) is 25.7 Å². The molecule has 8 bridgehead atoms. The molecule has 0 amide bonds. The Morgan fingerprint density at radius 3 is 1.15 bits per heavy atom. The molecule has 0 atom stereocenters. The van der Waals surface area contributed by atoms with Gasteiger partial charge in [0.1, 0.15) is 23.0 Å². The van der Waals surface area contributed by atoms with Gasteiger partial charge >= 0.3 is 0 Å². The Kier molecular flexibility index (Phi) is 10.5. The van der Waals surface area contributed by atoms with Crippen LogP contribution in [-0.4, -0.2) is 26.4 Å². The van der Waals surface area contributed by atoms with Crippen LogP contribution in [0.5, 0.6) is 23.0 Å². The average Bonchev–Trinajstić information content (AvgIpc) is 3.21. The second-order valence-electron chi connectivity index (χ2n) is 13.3. The van der Waals surface area contributed by atoms with Crippen LogP contribution < -0.4 is 18.9 Å². The summed E-state index contributed by atoms with van der Waals surface area (Å²) >= 11 is 0. The summed E-state index contributed by atoms with van der Waals surface area (Å²) in [5, 5.41) is 0. The highest BCUT2D eigenvalue weighted by molar-refractivity contribution is 5.71. The zero-order chi connectivity index (χ0) is 41.3. The molecule has 0 fully saturated rings. The third kappa shape index (κ3) is 9.09. The van der Waals surface area contributed by atoms with Crippen LogP contribution in [0.3, 0.4) is 0 Å². The van der Waals surface area contributed by atoms with Gasteiger partial charge in [0.15, 0.2) is 0 Å². The second kappa shape index (κ2) is 18.5. The third-order valence-electron chi connectivity index (χ3n) is 9.01. The van der Waals surface area contributed by atoms with E-state index in [1.807, 2.05) is 12.1 Å². The molecule has 5 aromatic carbocycles. The Bertz CT molecular complexity index is 2150. The van der Waals surface area contributed by atoms with E-state index in [0.29, 0.717) is 57.7 Å². The summed E-state index contributed by atoms with van der Waals surface area (Å²) in [7, 11) is 0. The Morgan fingerprint density at radius 2 is 0.808 bits per heavy atom. The van der Waals surface area contributed by atoms with Crippen molar-refractivity contribution in [2.45, 2.75) is 79.1 Å². The van der Waals surface area contributed by atoms with Crippen LogP contribution >= 0.6 is 0 Å². The lowest BCUT2D eigenvalue weighted by Gasteiger charge is -2.23. The minimum atomic E-state index is -0.489. The molecule has 0 heterocycles. The van der Waals surface area contributed by atoms with Crippen LogP contribution in [0.25, 0.3) is 12.1 Å². The van der Waals surface area contributed by atoms with Gasteiger partial charge < -0.3 is 18.9 Å². The maximum Gasteiger partial charge on any atom is 0.126 e. The van der Waals surface area contributed by atoms with Gasteiger partial charge in [0.25, 0.3) is 0 Å². The molecule has 0 spiro atoms. The molecule has 0 unspecified atom stereocenters. The lowest BCUT2D eigenvalue weighted by Crippen LogP contribution is -2.10. The summed E-state index contributed by atoms with van der Waals surface area (Å²) in [4.78, 5) is 0. The van der Waals surface area contributed by atoms with E-state index in [-0.39, 0.29) is 11.6 Å². The molecule has 0 aromatic heterocycles. The third-order valence-corrected chi connectivity index (χ3v) is 9.01. The lowest BCUT2D eigenvalue weighted by atomic mass is 9.90. The maximum absolute atomic E-state index is 9.11. The van der Waals surface area contributed by atoms with Crippen LogP contribution in [0.4, 0.5) is 0 Å². The fourth-order valence-corrected chi connectivity index (χ4v) is 6.73. The van der Waals surface area contributed by atoms with Crippen molar-refractivity contribution < 1.29 is 27.2 Å². The second-order valence-corrected chi connectivity index (χ2v) is 13.3. The van der Waals surface area contributed by atoms with E-state index in [1.165, 1.54) is 0 Å². The first kappa shape index (κ1) is 29.6. The highest BCUT2D eigenvalue weighted by Crippen LogP contribution is 2.39. The van der Waals surface area contributed by atoms with Gasteiger partial charge in [-0.2, -0.15) is 0 Å². The molecule has 0 radical (unpaired) electrons. The fourth-order valence-electron chi connectivity index (χ4n) is 6.73. The van der Waals surface area contributed by atoms with E-state index < -0.39 is 30.2 Å². The summed E-state index contributed by atoms with van der Waals surface area (Å²) in [6.07, 6.45) is 7.08. The average molecular weight is 701 g/mol. The van der Waals surface area contributed by atoms with E-state index in [1.54, 1.807) is 6.08 Å². The minimum absolute atomic E-state index is 0.147. The van der Waals surface area contributed by atoms with Gasteiger partial charge in [-0.05, 0) is 93.5 Å². The van der Waals surface area contributed by atoms with E-state index in [2.05, 4.69) is 82.3 Å². The quantitative estimate of drug-likeness (QED) is 0.106. The molecular weight excluding hydrogens is 641 g/mol. The van der Waals surface area contributed by atoms with E-state index in [0.717, 1.165) is 93.2 Å². The molecule has 52 heavy (non-hydrogen) atoms. The van der Waals surface area contributed by atoms with Crippen LogP contribution in [0.2, 0.25) is 0 Å². The first-order chi connectivity index (χ1) is 28.1. The number of benzene rings is 5. The number of ether oxygens (including phenoxy) is 4. The van der Waals surface area contributed by atoms with Gasteiger partial charge in [-0.25, -0.2) is 0 Å². The number of hydrogen-bond acceptors (Lipinski definition) is 4. The number of para-hydroxylation sites is 3. The molecule has 4 nitrogen and oxygen atoms in total. The maximum atomic E-state index is 9.11. The standard InChI is InChI=1S/C48H54O4/c1-5-25-49-45-37-17-12-18-38(45)32-40-20-14-22-42(47(40)51-27-7-3)34-44-30-36(24-23-35-15-10-9-11-16-35)29-43(48(44)52-28-8-4)33-41-21-13-19-39(31-37)46(41)50-26-6-2/h9-24,29-30H,5-8,25-28,31-34H2,1-4H3/b24-23+/i9D,10D,11D,15D,16D,23D. The Morgan fingerprint density at radius 1 is 0.481 bits per heavy atom. The topological polar surface area (TPSA) is 36.9 Å². The lowest BCUT2D eigenvalue weighted by molar-refractivity contribution is 0.304. The van der Waals surface area contributed by atoms with Crippen molar-refractivity contribution in [2.75, 3.05) is 26.4 Å². The normalized spacial score (nSPS) is 14.3. The van der Waals surface area contributed by atoms with Crippen LogP contribution in [0.1, 0.15) is 117 Å². The van der Waals surface area contributed by atoms with E-state index in [9.17, 15) is 0 Å². The van der Waals surface area contributed by atoms with Gasteiger partial charge in [0.2, 0.25) is 0 Å². The summed E-state index contributed by atoms with van der Waals surface area (Å²) in [6, 6.07) is 20.5. The number of fused-ring (bicyclic) bond motifs is 8. The van der Waals surface area contributed by atoms with Crippen molar-refractivity contribution in [2.24, 2.45) is 0 Å². The van der Waals surface area contributed by atoms with E-state index in [4.69, 9.17) is 27.2 Å². The molecule has 0 saturated carbocycles. The molecule has 0 N–H and O–H groups in total. The van der Waals surface area contributed by atoms with Crippen LogP contribution in [0.15, 0.2) is 96.9 Å². The molecule has 0 saturated heterocycles. The SMILES string of the molecule is [2H]/C(=C\c1cc2c(OCCC)c(c1)Cc1cccc(c1OCCC)Cc1cccc(c1OCCC)Cc1cccc(c1OCCC)C2)c1c([2H])c([2H])c([2H])c([2H])c1[2H]. The Hall–Kier alpha value is -4.96. The Balaban J connectivity index is 1.64. The van der Waals surface area contributed by atoms with E-state index >= 15 is 0 Å². The zero-order valence-electron chi connectivity index (χ0n) is 37.0. The van der Waals surface area contributed by atoms with Crippen molar-refractivity contribution in [1.29, 1.82) is 0 Å². The molecule has 1 aliphatic rings. The summed E-state index contributed by atoms with van der Waals surface area (Å²) in [6.45, 7) is 10.6. The highest BCUT2D eigenvalue weighted by Gasteiger charge is 2.22. The van der Waals surface area contributed by atoms with Crippen molar-refractivity contribution in [1.82, 2.24) is 0 Å². The zero-order valence-corrected chi connectivity index (χ0v) is 31.0. The van der Waals surface area contributed by atoms with Gasteiger partial charge in [-0.3, -0.25) is 0 Å².